The van der Waals surface area contributed by atoms with Crippen LogP contribution in [0.4, 0.5) is 34.1 Å². The Morgan fingerprint density at radius 2 is 0.500 bits per heavy atom. The van der Waals surface area contributed by atoms with E-state index in [-0.39, 0.29) is 0 Å². The van der Waals surface area contributed by atoms with Crippen molar-refractivity contribution in [3.05, 3.63) is 218 Å². The van der Waals surface area contributed by atoms with Crippen molar-refractivity contribution in [2.75, 3.05) is 9.80 Å². The Morgan fingerprint density at radius 3 is 0.778 bits per heavy atom. The van der Waals surface area contributed by atoms with Gasteiger partial charge in [-0.2, -0.15) is 0 Å². The first-order valence-corrected chi connectivity index (χ1v) is 18.8. The number of rotatable bonds is 8. The molecule has 0 aromatic heterocycles. The molecule has 0 N–H and O–H groups in total. The molecule has 0 amide bonds. The second kappa shape index (κ2) is 15.8. The summed E-state index contributed by atoms with van der Waals surface area (Å²) < 4.78 is 0. The predicted octanol–water partition coefficient (Wildman–Crippen LogP) is 15.3. The summed E-state index contributed by atoms with van der Waals surface area (Å²) in [5.74, 6) is 0. The first kappa shape index (κ1) is 34.2. The van der Waals surface area contributed by atoms with Crippen LogP contribution in [-0.2, 0) is 0 Å². The molecule has 0 aliphatic rings. The van der Waals surface area contributed by atoms with Crippen molar-refractivity contribution in [1.29, 1.82) is 0 Å². The van der Waals surface area contributed by atoms with Crippen LogP contribution < -0.4 is 9.80 Å². The molecule has 0 unspecified atom stereocenters. The van der Waals surface area contributed by atoms with Crippen molar-refractivity contribution in [2.24, 2.45) is 0 Å². The zero-order valence-corrected chi connectivity index (χ0v) is 30.7. The Morgan fingerprint density at radius 1 is 0.241 bits per heavy atom. The highest BCUT2D eigenvalue weighted by Gasteiger charge is 2.21. The van der Waals surface area contributed by atoms with E-state index in [4.69, 9.17) is 0 Å². The summed E-state index contributed by atoms with van der Waals surface area (Å²) >= 11 is 0. The summed E-state index contributed by atoms with van der Waals surface area (Å²) in [6.07, 6.45) is 0. The molecular formula is C52H42N2. The van der Waals surface area contributed by atoms with Crippen LogP contribution >= 0.6 is 0 Å². The van der Waals surface area contributed by atoms with Crippen LogP contribution in [0.3, 0.4) is 0 Å². The maximum atomic E-state index is 2.39. The Hall–Kier alpha value is -6.90. The van der Waals surface area contributed by atoms with E-state index in [0.29, 0.717) is 0 Å². The van der Waals surface area contributed by atoms with Crippen molar-refractivity contribution in [1.82, 2.24) is 0 Å². The molecule has 9 aromatic carbocycles. The van der Waals surface area contributed by atoms with Crippen LogP contribution in [0.5, 0.6) is 0 Å². The SMILES string of the molecule is CC.c1ccc(-c2c3ccc(N(c4ccccc4)c4ccccc4)cc3c(-c3ccccc3)c3ccc(N(c4ccccc4)c4ccccc4)cc23)cc1. The molecule has 0 saturated heterocycles. The van der Waals surface area contributed by atoms with Gasteiger partial charge >= 0.3 is 0 Å². The Labute approximate surface area is 318 Å². The minimum Gasteiger partial charge on any atom is -0.310 e. The van der Waals surface area contributed by atoms with E-state index in [1.807, 2.05) is 13.8 Å². The molecule has 9 rings (SSSR count). The number of fused-ring (bicyclic) bond motifs is 2. The summed E-state index contributed by atoms with van der Waals surface area (Å²) in [5, 5.41) is 4.85. The number of hydrogen-bond donors (Lipinski definition) is 0. The molecule has 9 aromatic rings. The van der Waals surface area contributed by atoms with Gasteiger partial charge in [0.05, 0.1) is 0 Å². The Kier molecular flexibility index (Phi) is 9.99. The van der Waals surface area contributed by atoms with Gasteiger partial charge in [-0.3, -0.25) is 0 Å². The van der Waals surface area contributed by atoms with Crippen LogP contribution in [0.2, 0.25) is 0 Å². The summed E-state index contributed by atoms with van der Waals surface area (Å²) in [6.45, 7) is 4.00. The van der Waals surface area contributed by atoms with Gasteiger partial charge in [0.1, 0.15) is 0 Å². The molecule has 0 aliphatic carbocycles. The fraction of sp³-hybridized carbons (Fsp3) is 0.0385. The molecule has 2 heteroatoms. The lowest BCUT2D eigenvalue weighted by molar-refractivity contribution is 1.29. The highest BCUT2D eigenvalue weighted by Crippen LogP contribution is 2.48. The van der Waals surface area contributed by atoms with E-state index in [2.05, 4.69) is 228 Å². The average Bonchev–Trinajstić information content (AvgIpc) is 3.26. The van der Waals surface area contributed by atoms with Crippen LogP contribution in [0.1, 0.15) is 13.8 Å². The third-order valence-corrected chi connectivity index (χ3v) is 9.78. The normalized spacial score (nSPS) is 10.8. The maximum absolute atomic E-state index is 2.39. The van der Waals surface area contributed by atoms with Crippen molar-refractivity contribution in [2.45, 2.75) is 13.8 Å². The predicted molar refractivity (Wildman–Crippen MR) is 233 cm³/mol. The third-order valence-electron chi connectivity index (χ3n) is 9.78. The highest BCUT2D eigenvalue weighted by molar-refractivity contribution is 6.22. The van der Waals surface area contributed by atoms with Gasteiger partial charge < -0.3 is 9.80 Å². The summed E-state index contributed by atoms with van der Waals surface area (Å²) in [7, 11) is 0. The second-order valence-corrected chi connectivity index (χ2v) is 13.0. The standard InChI is InChI=1S/C50H36N2.C2H6/c1-7-19-37(20-8-1)49-45-33-31-44(52(41-27-15-5-16-28-41)42-29-17-6-18-30-42)36-48(45)50(38-21-9-2-10-22-38)46-34-32-43(35-47(46)49)51(39-23-11-3-12-24-39)40-25-13-4-14-26-40;1-2/h1-36H;1-2H3. The lowest BCUT2D eigenvalue weighted by Crippen LogP contribution is -2.10. The molecule has 54 heavy (non-hydrogen) atoms. The number of benzene rings is 9. The van der Waals surface area contributed by atoms with Crippen LogP contribution in [0.15, 0.2) is 218 Å². The highest BCUT2D eigenvalue weighted by atomic mass is 15.1. The minimum absolute atomic E-state index is 1.11. The molecule has 0 fully saturated rings. The van der Waals surface area contributed by atoms with Gasteiger partial charge in [-0.25, -0.2) is 0 Å². The van der Waals surface area contributed by atoms with Gasteiger partial charge in [0.2, 0.25) is 0 Å². The molecule has 0 atom stereocenters. The van der Waals surface area contributed by atoms with E-state index >= 15 is 0 Å². The molecule has 0 radical (unpaired) electrons. The number of hydrogen-bond acceptors (Lipinski definition) is 2. The smallest absolute Gasteiger partial charge is 0.0468 e. The molecule has 0 spiro atoms. The molecule has 0 heterocycles. The zero-order chi connectivity index (χ0) is 36.7. The first-order valence-electron chi connectivity index (χ1n) is 18.8. The molecule has 0 aliphatic heterocycles. The third kappa shape index (κ3) is 6.62. The van der Waals surface area contributed by atoms with E-state index in [0.717, 1.165) is 34.1 Å². The van der Waals surface area contributed by atoms with Gasteiger partial charge in [-0.1, -0.05) is 159 Å². The Balaban J connectivity index is 0.00000203. The lowest BCUT2D eigenvalue weighted by atomic mass is 9.85. The summed E-state index contributed by atoms with van der Waals surface area (Å²) in [4.78, 5) is 4.70. The molecule has 0 saturated carbocycles. The number of para-hydroxylation sites is 4. The monoisotopic (exact) mass is 694 g/mol. The topological polar surface area (TPSA) is 6.48 Å². The van der Waals surface area contributed by atoms with Crippen LogP contribution in [0.25, 0.3) is 43.8 Å². The maximum Gasteiger partial charge on any atom is 0.0468 e. The zero-order valence-electron chi connectivity index (χ0n) is 30.7. The fourth-order valence-corrected chi connectivity index (χ4v) is 7.52. The van der Waals surface area contributed by atoms with Crippen molar-refractivity contribution in [3.8, 4) is 22.3 Å². The quantitative estimate of drug-likeness (QED) is 0.146. The van der Waals surface area contributed by atoms with E-state index in [1.165, 1.54) is 43.8 Å². The number of anilines is 6. The van der Waals surface area contributed by atoms with Gasteiger partial charge in [0.25, 0.3) is 0 Å². The summed E-state index contributed by atoms with van der Waals surface area (Å²) in [6, 6.07) is 78.3. The van der Waals surface area contributed by atoms with E-state index in [9.17, 15) is 0 Å². The molecule has 2 nitrogen and oxygen atoms in total. The molecular weight excluding hydrogens is 653 g/mol. The molecule has 0 bridgehead atoms. The lowest BCUT2D eigenvalue weighted by Gasteiger charge is -2.28. The van der Waals surface area contributed by atoms with Crippen molar-refractivity contribution < 1.29 is 0 Å². The largest absolute Gasteiger partial charge is 0.310 e. The van der Waals surface area contributed by atoms with Gasteiger partial charge in [-0.15, -0.1) is 0 Å². The van der Waals surface area contributed by atoms with Crippen molar-refractivity contribution in [3.63, 3.8) is 0 Å². The number of nitrogens with zero attached hydrogens (tertiary/aromatic N) is 2. The second-order valence-electron chi connectivity index (χ2n) is 13.0. The van der Waals surface area contributed by atoms with Gasteiger partial charge in [0, 0.05) is 34.1 Å². The fourth-order valence-electron chi connectivity index (χ4n) is 7.52. The Bertz CT molecular complexity index is 2320. The van der Waals surface area contributed by atoms with E-state index in [1.54, 1.807) is 0 Å². The average molecular weight is 695 g/mol. The molecule has 260 valence electrons. The van der Waals surface area contributed by atoms with Crippen LogP contribution in [-0.4, -0.2) is 0 Å². The van der Waals surface area contributed by atoms with Crippen molar-refractivity contribution >= 4 is 55.7 Å². The minimum atomic E-state index is 1.11. The van der Waals surface area contributed by atoms with Crippen LogP contribution in [0, 0.1) is 0 Å². The van der Waals surface area contributed by atoms with E-state index < -0.39 is 0 Å². The first-order chi connectivity index (χ1) is 26.8. The van der Waals surface area contributed by atoms with Gasteiger partial charge in [-0.05, 0) is 117 Å². The van der Waals surface area contributed by atoms with Gasteiger partial charge in [0.15, 0.2) is 0 Å². The summed E-state index contributed by atoms with van der Waals surface area (Å²) in [5.41, 5.74) is 11.5.